The van der Waals surface area contributed by atoms with Crippen molar-refractivity contribution < 1.29 is 0 Å². The summed E-state index contributed by atoms with van der Waals surface area (Å²) < 4.78 is 0. The first-order chi connectivity index (χ1) is 9.66. The van der Waals surface area contributed by atoms with E-state index in [0.717, 1.165) is 18.5 Å². The lowest BCUT2D eigenvalue weighted by molar-refractivity contribution is 0.102. The second-order valence-electron chi connectivity index (χ2n) is 6.53. The molecule has 20 heavy (non-hydrogen) atoms. The van der Waals surface area contributed by atoms with Crippen molar-refractivity contribution >= 4 is 5.69 Å². The van der Waals surface area contributed by atoms with Gasteiger partial charge in [0.15, 0.2) is 0 Å². The van der Waals surface area contributed by atoms with E-state index in [0.29, 0.717) is 0 Å². The summed E-state index contributed by atoms with van der Waals surface area (Å²) in [7, 11) is 2.29. The summed E-state index contributed by atoms with van der Waals surface area (Å²) in [5, 5.41) is 0. The lowest BCUT2D eigenvalue weighted by Gasteiger charge is -2.47. The molecule has 2 N–H and O–H groups in total. The average Bonchev–Trinajstić information content (AvgIpc) is 2.47. The van der Waals surface area contributed by atoms with Crippen molar-refractivity contribution in [3.63, 3.8) is 0 Å². The number of nitrogens with two attached hydrogens (primary N) is 1. The molecule has 3 heteroatoms. The molecule has 2 aliphatic rings. The standard InChI is InChI=1S/C17H27N3/c1-13(18)15-7-3-4-8-17(15)20-11-9-16-14(12-20)6-5-10-19(16)2/h3-4,7-8,13-14,16H,5-6,9-12,18H2,1-2H3. The van der Waals surface area contributed by atoms with E-state index in [9.17, 15) is 0 Å². The van der Waals surface area contributed by atoms with E-state index in [1.54, 1.807) is 0 Å². The first-order valence-corrected chi connectivity index (χ1v) is 7.96. The van der Waals surface area contributed by atoms with Gasteiger partial charge in [-0.3, -0.25) is 0 Å². The molecule has 110 valence electrons. The van der Waals surface area contributed by atoms with Crippen LogP contribution in [0.2, 0.25) is 0 Å². The zero-order chi connectivity index (χ0) is 14.1. The molecule has 0 spiro atoms. The van der Waals surface area contributed by atoms with Gasteiger partial charge in [0.2, 0.25) is 0 Å². The van der Waals surface area contributed by atoms with E-state index in [1.807, 2.05) is 0 Å². The summed E-state index contributed by atoms with van der Waals surface area (Å²) >= 11 is 0. The highest BCUT2D eigenvalue weighted by Gasteiger charge is 2.34. The van der Waals surface area contributed by atoms with Crippen LogP contribution in [0.4, 0.5) is 5.69 Å². The van der Waals surface area contributed by atoms with Crippen LogP contribution in [0, 0.1) is 5.92 Å². The zero-order valence-electron chi connectivity index (χ0n) is 12.8. The number of benzene rings is 1. The molecule has 2 heterocycles. The fraction of sp³-hybridized carbons (Fsp3) is 0.647. The van der Waals surface area contributed by atoms with Crippen LogP contribution in [-0.4, -0.2) is 37.6 Å². The Morgan fingerprint density at radius 1 is 1.20 bits per heavy atom. The van der Waals surface area contributed by atoms with Gasteiger partial charge >= 0.3 is 0 Å². The third kappa shape index (κ3) is 2.57. The maximum absolute atomic E-state index is 6.14. The van der Waals surface area contributed by atoms with E-state index < -0.39 is 0 Å². The highest BCUT2D eigenvalue weighted by atomic mass is 15.2. The number of fused-ring (bicyclic) bond motifs is 1. The van der Waals surface area contributed by atoms with E-state index in [1.165, 1.54) is 43.6 Å². The number of para-hydroxylation sites is 1. The van der Waals surface area contributed by atoms with Crippen LogP contribution >= 0.6 is 0 Å². The molecule has 0 aromatic heterocycles. The third-order valence-electron chi connectivity index (χ3n) is 5.11. The molecular weight excluding hydrogens is 246 g/mol. The van der Waals surface area contributed by atoms with Crippen molar-refractivity contribution in [2.45, 2.75) is 38.3 Å². The Balaban J connectivity index is 1.79. The van der Waals surface area contributed by atoms with Gasteiger partial charge in [-0.05, 0) is 57.3 Å². The van der Waals surface area contributed by atoms with Gasteiger partial charge in [-0.2, -0.15) is 0 Å². The Hall–Kier alpha value is -1.06. The maximum Gasteiger partial charge on any atom is 0.0414 e. The van der Waals surface area contributed by atoms with E-state index in [2.05, 4.69) is 48.0 Å². The van der Waals surface area contributed by atoms with Crippen LogP contribution in [0.3, 0.4) is 0 Å². The maximum atomic E-state index is 6.14. The normalized spacial score (nSPS) is 29.1. The molecule has 0 bridgehead atoms. The first-order valence-electron chi connectivity index (χ1n) is 7.96. The quantitative estimate of drug-likeness (QED) is 0.899. The number of likely N-dealkylation sites (tertiary alicyclic amines) is 1. The molecule has 0 saturated carbocycles. The Morgan fingerprint density at radius 3 is 2.80 bits per heavy atom. The molecule has 2 fully saturated rings. The largest absolute Gasteiger partial charge is 0.371 e. The summed E-state index contributed by atoms with van der Waals surface area (Å²) in [4.78, 5) is 5.14. The van der Waals surface area contributed by atoms with Gasteiger partial charge in [-0.15, -0.1) is 0 Å². The lowest BCUT2D eigenvalue weighted by Crippen LogP contribution is -2.53. The minimum Gasteiger partial charge on any atom is -0.371 e. The molecular formula is C17H27N3. The van der Waals surface area contributed by atoms with Gasteiger partial charge in [-0.1, -0.05) is 18.2 Å². The van der Waals surface area contributed by atoms with Crippen LogP contribution < -0.4 is 10.6 Å². The highest BCUT2D eigenvalue weighted by Crippen LogP contribution is 2.34. The SMILES string of the molecule is CC(N)c1ccccc1N1CCC2C(CCCN2C)C1. The predicted molar refractivity (Wildman–Crippen MR) is 85.0 cm³/mol. The second kappa shape index (κ2) is 5.74. The van der Waals surface area contributed by atoms with E-state index >= 15 is 0 Å². The number of hydrogen-bond acceptors (Lipinski definition) is 3. The molecule has 2 saturated heterocycles. The molecule has 0 aliphatic carbocycles. The number of hydrogen-bond donors (Lipinski definition) is 1. The molecule has 3 unspecified atom stereocenters. The monoisotopic (exact) mass is 273 g/mol. The van der Waals surface area contributed by atoms with Crippen LogP contribution in [0.1, 0.15) is 37.8 Å². The number of anilines is 1. The average molecular weight is 273 g/mol. The predicted octanol–water partition coefficient (Wildman–Crippen LogP) is 2.63. The number of nitrogens with zero attached hydrogens (tertiary/aromatic N) is 2. The number of piperidine rings is 2. The third-order valence-corrected chi connectivity index (χ3v) is 5.11. The van der Waals surface area contributed by atoms with Crippen molar-refractivity contribution in [2.24, 2.45) is 11.7 Å². The summed E-state index contributed by atoms with van der Waals surface area (Å²) in [6, 6.07) is 9.56. The summed E-state index contributed by atoms with van der Waals surface area (Å²) in [5.74, 6) is 0.823. The Morgan fingerprint density at radius 2 is 2.00 bits per heavy atom. The lowest BCUT2D eigenvalue weighted by atomic mass is 9.83. The molecule has 3 atom stereocenters. The fourth-order valence-corrected chi connectivity index (χ4v) is 4.03. The Kier molecular flexibility index (Phi) is 3.99. The summed E-state index contributed by atoms with van der Waals surface area (Å²) in [6.07, 6.45) is 4.01. The highest BCUT2D eigenvalue weighted by molar-refractivity contribution is 5.55. The summed E-state index contributed by atoms with van der Waals surface area (Å²) in [5.41, 5.74) is 8.78. The molecule has 2 aliphatic heterocycles. The first kappa shape index (κ1) is 13.9. The molecule has 0 radical (unpaired) electrons. The van der Waals surface area contributed by atoms with Crippen LogP contribution in [0.15, 0.2) is 24.3 Å². The molecule has 1 aromatic carbocycles. The van der Waals surface area contributed by atoms with Crippen molar-refractivity contribution in [3.05, 3.63) is 29.8 Å². The van der Waals surface area contributed by atoms with Crippen LogP contribution in [0.25, 0.3) is 0 Å². The Bertz CT molecular complexity index is 457. The second-order valence-corrected chi connectivity index (χ2v) is 6.53. The van der Waals surface area contributed by atoms with E-state index in [4.69, 9.17) is 5.73 Å². The smallest absolute Gasteiger partial charge is 0.0414 e. The topological polar surface area (TPSA) is 32.5 Å². The van der Waals surface area contributed by atoms with Crippen LogP contribution in [0.5, 0.6) is 0 Å². The Labute approximate surface area is 122 Å². The van der Waals surface area contributed by atoms with Gasteiger partial charge in [-0.25, -0.2) is 0 Å². The van der Waals surface area contributed by atoms with Crippen molar-refractivity contribution in [3.8, 4) is 0 Å². The molecule has 3 nitrogen and oxygen atoms in total. The van der Waals surface area contributed by atoms with Gasteiger partial charge in [0.1, 0.15) is 0 Å². The van der Waals surface area contributed by atoms with Crippen molar-refractivity contribution in [1.82, 2.24) is 4.90 Å². The fourth-order valence-electron chi connectivity index (χ4n) is 4.03. The molecule has 0 amide bonds. The van der Waals surface area contributed by atoms with Gasteiger partial charge in [0.05, 0.1) is 0 Å². The molecule has 3 rings (SSSR count). The number of rotatable bonds is 2. The van der Waals surface area contributed by atoms with E-state index in [-0.39, 0.29) is 6.04 Å². The minimum absolute atomic E-state index is 0.109. The zero-order valence-corrected chi connectivity index (χ0v) is 12.8. The summed E-state index contributed by atoms with van der Waals surface area (Å²) in [6.45, 7) is 5.71. The van der Waals surface area contributed by atoms with Crippen LogP contribution in [-0.2, 0) is 0 Å². The van der Waals surface area contributed by atoms with Crippen molar-refractivity contribution in [2.75, 3.05) is 31.6 Å². The molecule has 1 aromatic rings. The van der Waals surface area contributed by atoms with Gasteiger partial charge < -0.3 is 15.5 Å². The van der Waals surface area contributed by atoms with Gasteiger partial charge in [0, 0.05) is 30.9 Å². The minimum atomic E-state index is 0.109. The van der Waals surface area contributed by atoms with Gasteiger partial charge in [0.25, 0.3) is 0 Å². The van der Waals surface area contributed by atoms with Crippen molar-refractivity contribution in [1.29, 1.82) is 0 Å².